The first-order valence-corrected chi connectivity index (χ1v) is 11.5. The highest BCUT2D eigenvalue weighted by atomic mass is 15.5. The van der Waals surface area contributed by atoms with Gasteiger partial charge in [-0.2, -0.15) is 5.10 Å². The molecule has 0 fully saturated rings. The molecule has 0 spiro atoms. The van der Waals surface area contributed by atoms with Gasteiger partial charge in [0.05, 0.1) is 6.54 Å². The number of aryl methyl sites for hydroxylation is 1. The van der Waals surface area contributed by atoms with E-state index in [2.05, 4.69) is 82.5 Å². The van der Waals surface area contributed by atoms with Crippen molar-refractivity contribution in [1.29, 1.82) is 0 Å². The lowest BCUT2D eigenvalue weighted by Gasteiger charge is -2.11. The highest BCUT2D eigenvalue weighted by Gasteiger charge is 2.15. The lowest BCUT2D eigenvalue weighted by atomic mass is 10.0. The van der Waals surface area contributed by atoms with Crippen LogP contribution in [0.25, 0.3) is 11.4 Å². The summed E-state index contributed by atoms with van der Waals surface area (Å²) in [7, 11) is 0. The highest BCUT2D eigenvalue weighted by Crippen LogP contribution is 2.20. The molecule has 2 heterocycles. The van der Waals surface area contributed by atoms with E-state index >= 15 is 0 Å². The summed E-state index contributed by atoms with van der Waals surface area (Å²) in [6.07, 6.45) is 5.17. The highest BCUT2D eigenvalue weighted by molar-refractivity contribution is 5.55. The molecule has 0 aliphatic carbocycles. The van der Waals surface area contributed by atoms with Gasteiger partial charge in [0.1, 0.15) is 5.82 Å². The molecule has 7 heteroatoms. The van der Waals surface area contributed by atoms with Crippen LogP contribution in [-0.4, -0.2) is 35.4 Å². The van der Waals surface area contributed by atoms with Crippen molar-refractivity contribution in [3.8, 4) is 11.4 Å². The van der Waals surface area contributed by atoms with Crippen LogP contribution >= 0.6 is 0 Å². The third-order valence-corrected chi connectivity index (χ3v) is 5.86. The average Bonchev–Trinajstić information content (AvgIpc) is 3.49. The molecule has 32 heavy (non-hydrogen) atoms. The summed E-state index contributed by atoms with van der Waals surface area (Å²) in [5.74, 6) is 3.16. The number of unbranched alkanes of at least 4 members (excludes halogenated alkanes) is 1. The Morgan fingerprint density at radius 3 is 2.53 bits per heavy atom. The van der Waals surface area contributed by atoms with Gasteiger partial charge in [0.2, 0.25) is 0 Å². The van der Waals surface area contributed by atoms with Crippen molar-refractivity contribution in [2.75, 3.05) is 0 Å². The zero-order valence-corrected chi connectivity index (χ0v) is 19.1. The molecule has 1 unspecified atom stereocenters. The van der Waals surface area contributed by atoms with Crippen molar-refractivity contribution < 1.29 is 0 Å². The molecule has 2 aromatic carbocycles. The summed E-state index contributed by atoms with van der Waals surface area (Å²) in [5.41, 5.74) is 4.73. The number of rotatable bonds is 10. The number of hydrogen-bond acceptors (Lipinski definition) is 5. The van der Waals surface area contributed by atoms with Crippen LogP contribution in [0.5, 0.6) is 0 Å². The lowest BCUT2D eigenvalue weighted by molar-refractivity contribution is 0.574. The molecule has 0 aliphatic heterocycles. The maximum Gasteiger partial charge on any atom is 0.179 e. The minimum atomic E-state index is 0.406. The number of nitrogens with zero attached hydrogens (tertiary/aromatic N) is 6. The molecular weight excluding hydrogens is 398 g/mol. The van der Waals surface area contributed by atoms with Crippen LogP contribution in [0, 0.1) is 0 Å². The Kier molecular flexibility index (Phi) is 7.04. The smallest absolute Gasteiger partial charge is 0.179 e. The van der Waals surface area contributed by atoms with Crippen LogP contribution in [0.15, 0.2) is 48.5 Å². The molecule has 7 nitrogen and oxygen atoms in total. The van der Waals surface area contributed by atoms with Gasteiger partial charge in [-0.3, -0.25) is 0 Å². The van der Waals surface area contributed by atoms with Gasteiger partial charge in [-0.05, 0) is 52.4 Å². The molecule has 0 bridgehead atoms. The van der Waals surface area contributed by atoms with Crippen LogP contribution in [0.3, 0.4) is 0 Å². The number of benzene rings is 2. The number of nitrogens with one attached hydrogen (secondary N) is 1. The molecule has 0 radical (unpaired) electrons. The number of H-pyrrole nitrogens is 1. The fourth-order valence-electron chi connectivity index (χ4n) is 3.79. The maximum atomic E-state index is 4.85. The van der Waals surface area contributed by atoms with Crippen molar-refractivity contribution in [2.24, 2.45) is 0 Å². The summed E-state index contributed by atoms with van der Waals surface area (Å²) < 4.78 is 2.10. The van der Waals surface area contributed by atoms with E-state index in [-0.39, 0.29) is 0 Å². The van der Waals surface area contributed by atoms with Crippen molar-refractivity contribution in [2.45, 2.75) is 65.3 Å². The van der Waals surface area contributed by atoms with Gasteiger partial charge in [-0.15, -0.1) is 5.10 Å². The average molecular weight is 430 g/mol. The Bertz CT molecular complexity index is 1110. The molecule has 166 valence electrons. The van der Waals surface area contributed by atoms with Crippen LogP contribution in [0.4, 0.5) is 0 Å². The van der Waals surface area contributed by atoms with Crippen molar-refractivity contribution in [3.05, 3.63) is 76.9 Å². The van der Waals surface area contributed by atoms with Gasteiger partial charge in [0.25, 0.3) is 0 Å². The number of hydrogen-bond donors (Lipinski definition) is 1. The molecular formula is C25H31N7. The minimum Gasteiger partial charge on any atom is -0.245 e. The molecule has 1 N–H and O–H groups in total. The standard InChI is InChI=1S/C25H31N7/c1-4-6-10-23-26-25(18(3)5-2)32(29-23)17-20-13-11-19(12-14-20)15-21-8-7-9-22(16-21)24-27-30-31-28-24/h7-9,11-14,16,18H,4-6,10,15,17H2,1-3H3,(H,27,28,30,31). The summed E-state index contributed by atoms with van der Waals surface area (Å²) in [4.78, 5) is 4.85. The van der Waals surface area contributed by atoms with Crippen molar-refractivity contribution >= 4 is 0 Å². The van der Waals surface area contributed by atoms with Crippen LogP contribution in [0.1, 0.15) is 74.3 Å². The summed E-state index contributed by atoms with van der Waals surface area (Å²) in [5, 5.41) is 19.0. The maximum absolute atomic E-state index is 4.85. The Morgan fingerprint density at radius 1 is 1.00 bits per heavy atom. The number of aromatic nitrogens is 7. The topological polar surface area (TPSA) is 85.2 Å². The third kappa shape index (κ3) is 5.28. The monoisotopic (exact) mass is 429 g/mol. The number of aromatic amines is 1. The van der Waals surface area contributed by atoms with E-state index in [1.165, 1.54) is 16.7 Å². The van der Waals surface area contributed by atoms with Gasteiger partial charge in [0, 0.05) is 17.9 Å². The van der Waals surface area contributed by atoms with Gasteiger partial charge in [-0.25, -0.2) is 14.8 Å². The summed E-state index contributed by atoms with van der Waals surface area (Å²) >= 11 is 0. The molecule has 0 amide bonds. The van der Waals surface area contributed by atoms with Crippen LogP contribution < -0.4 is 0 Å². The third-order valence-electron chi connectivity index (χ3n) is 5.86. The predicted octanol–water partition coefficient (Wildman–Crippen LogP) is 4.95. The Labute approximate surface area is 189 Å². The largest absolute Gasteiger partial charge is 0.245 e. The fraction of sp³-hybridized carbons (Fsp3) is 0.400. The Hall–Kier alpha value is -3.35. The predicted molar refractivity (Wildman–Crippen MR) is 125 cm³/mol. The quantitative estimate of drug-likeness (QED) is 0.385. The van der Waals surface area contributed by atoms with E-state index < -0.39 is 0 Å². The normalized spacial score (nSPS) is 12.2. The van der Waals surface area contributed by atoms with E-state index in [0.29, 0.717) is 11.7 Å². The molecule has 2 aromatic heterocycles. The van der Waals surface area contributed by atoms with Crippen LogP contribution in [0.2, 0.25) is 0 Å². The molecule has 0 aliphatic rings. The van der Waals surface area contributed by atoms with Crippen molar-refractivity contribution in [1.82, 2.24) is 35.4 Å². The van der Waals surface area contributed by atoms with E-state index in [1.54, 1.807) is 0 Å². The van der Waals surface area contributed by atoms with E-state index in [1.807, 2.05) is 12.1 Å². The fourth-order valence-corrected chi connectivity index (χ4v) is 3.79. The second-order valence-electron chi connectivity index (χ2n) is 8.40. The van der Waals surface area contributed by atoms with E-state index in [4.69, 9.17) is 10.1 Å². The molecule has 0 saturated carbocycles. The first-order valence-electron chi connectivity index (χ1n) is 11.5. The van der Waals surface area contributed by atoms with Crippen molar-refractivity contribution in [3.63, 3.8) is 0 Å². The molecule has 4 rings (SSSR count). The Morgan fingerprint density at radius 2 is 1.81 bits per heavy atom. The van der Waals surface area contributed by atoms with E-state index in [9.17, 15) is 0 Å². The number of tetrazole rings is 1. The zero-order chi connectivity index (χ0) is 22.3. The lowest BCUT2D eigenvalue weighted by Crippen LogP contribution is -2.09. The summed E-state index contributed by atoms with van der Waals surface area (Å²) in [6.45, 7) is 7.40. The Balaban J connectivity index is 1.46. The van der Waals surface area contributed by atoms with Gasteiger partial charge < -0.3 is 0 Å². The van der Waals surface area contributed by atoms with Crippen LogP contribution in [-0.2, 0) is 19.4 Å². The second-order valence-corrected chi connectivity index (χ2v) is 8.40. The molecule has 1 atom stereocenters. The van der Waals surface area contributed by atoms with Gasteiger partial charge >= 0.3 is 0 Å². The zero-order valence-electron chi connectivity index (χ0n) is 19.1. The minimum absolute atomic E-state index is 0.406. The first kappa shape index (κ1) is 21.9. The molecule has 0 saturated heterocycles. The molecule has 4 aromatic rings. The van der Waals surface area contributed by atoms with Gasteiger partial charge in [0.15, 0.2) is 11.6 Å². The van der Waals surface area contributed by atoms with Gasteiger partial charge in [-0.1, -0.05) is 69.7 Å². The SMILES string of the molecule is CCCCc1nc(C(C)CC)n(Cc2ccc(Cc3cccc(-c4nnn[nH]4)c3)cc2)n1. The first-order chi connectivity index (χ1) is 15.7. The second kappa shape index (κ2) is 10.3. The van der Waals surface area contributed by atoms with E-state index in [0.717, 1.165) is 55.9 Å². The summed E-state index contributed by atoms with van der Waals surface area (Å²) in [6, 6.07) is 17.1.